The van der Waals surface area contributed by atoms with Crippen molar-refractivity contribution in [2.45, 2.75) is 12.8 Å². The Kier molecular flexibility index (Phi) is 12.2. The molecule has 0 radical (unpaired) electrons. The number of halogens is 1. The van der Waals surface area contributed by atoms with Crippen LogP contribution in [0, 0.1) is 0 Å². The zero-order chi connectivity index (χ0) is 27.2. The van der Waals surface area contributed by atoms with Crippen LogP contribution < -0.4 is 9.64 Å². The molecule has 0 unspecified atom stereocenters. The molecule has 0 atom stereocenters. The first-order valence-corrected chi connectivity index (χ1v) is 11.7. The van der Waals surface area contributed by atoms with E-state index in [2.05, 4.69) is 33.2 Å². The van der Waals surface area contributed by atoms with Crippen LogP contribution in [0.4, 0.5) is 9.57 Å². The van der Waals surface area contributed by atoms with Crippen molar-refractivity contribution < 1.29 is 18.5 Å². The van der Waals surface area contributed by atoms with Crippen LogP contribution in [0.25, 0.3) is 22.3 Å². The second-order valence-corrected chi connectivity index (χ2v) is 7.92. The normalized spacial score (nSPS) is 10.8. The predicted octanol–water partition coefficient (Wildman–Crippen LogP) is 4.27. The van der Waals surface area contributed by atoms with Crippen molar-refractivity contribution in [3.05, 3.63) is 67.2 Å². The number of thiol groups is 1. The van der Waals surface area contributed by atoms with E-state index in [-0.39, 0.29) is 38.1 Å². The molecule has 0 aliphatic carbocycles. The highest BCUT2D eigenvalue weighted by molar-refractivity contribution is 7.74. The van der Waals surface area contributed by atoms with Crippen LogP contribution in [-0.4, -0.2) is 71.6 Å². The van der Waals surface area contributed by atoms with Gasteiger partial charge in [-0.1, -0.05) is 24.8 Å². The number of carbonyl (C=O) groups excluding carboxylic acids is 1. The highest BCUT2D eigenvalue weighted by Gasteiger charge is 2.17. The maximum atomic E-state index is 12.8. The quantitative estimate of drug-likeness (QED) is 0.157. The molecule has 196 valence electrons. The first-order valence-electron chi connectivity index (χ1n) is 11.3. The van der Waals surface area contributed by atoms with Gasteiger partial charge < -0.3 is 19.6 Å². The molecule has 11 heteroatoms. The number of aliphatic imine (C=N–C) groups is 1. The summed E-state index contributed by atoms with van der Waals surface area (Å²) in [4.78, 5) is 33.4. The molecule has 9 nitrogen and oxygen atoms in total. The number of allylic oxidation sites excluding steroid dienone is 2. The van der Waals surface area contributed by atoms with Gasteiger partial charge in [0, 0.05) is 69.9 Å². The van der Waals surface area contributed by atoms with Crippen LogP contribution in [0.5, 0.6) is 5.88 Å². The van der Waals surface area contributed by atoms with Gasteiger partial charge in [0.1, 0.15) is 0 Å². The number of hydrogen-bond donors (Lipinski definition) is 2. The Labute approximate surface area is 221 Å². The molecular formula is C26H31FN6O3S. The summed E-state index contributed by atoms with van der Waals surface area (Å²) in [6, 6.07) is 9.83. The van der Waals surface area contributed by atoms with Gasteiger partial charge in [-0.3, -0.25) is 14.8 Å². The third-order valence-electron chi connectivity index (χ3n) is 5.33. The Morgan fingerprint density at radius 1 is 1.19 bits per heavy atom. The molecule has 0 aliphatic rings. The molecule has 3 rings (SSSR count). The molecule has 2 heterocycles. The second kappa shape index (κ2) is 15.3. The summed E-state index contributed by atoms with van der Waals surface area (Å²) in [5.74, 6) is 0.0854. The Bertz CT molecular complexity index is 1220. The topological polar surface area (TPSA) is 104 Å². The Morgan fingerprint density at radius 3 is 2.51 bits per heavy atom. The van der Waals surface area contributed by atoms with Crippen LogP contribution in [0.1, 0.15) is 12.8 Å². The first-order chi connectivity index (χ1) is 18.0. The van der Waals surface area contributed by atoms with Gasteiger partial charge in [0.25, 0.3) is 0 Å². The summed E-state index contributed by atoms with van der Waals surface area (Å²) >= 11 is 2.03. The molecule has 0 bridgehead atoms. The number of amides is 1. The predicted molar refractivity (Wildman–Crippen MR) is 149 cm³/mol. The molecule has 0 saturated carbocycles. The summed E-state index contributed by atoms with van der Waals surface area (Å²) < 4.78 is 15.2. The standard InChI is InChI=1S/C26H30N6O3.FHS/c1-5-19(17-27-2)6-11-24(34)32(14-15-33)18-35-26-25-23(28-12-13-29-25)16-22(30-26)20-7-9-21(10-8-20)31(3)4;1-2/h5,7-10,12-13,16-17,33H,1-2,6,11,14-15,18H2,3-4H3;2H/b19-17+;. The van der Waals surface area contributed by atoms with Gasteiger partial charge in [0.15, 0.2) is 12.2 Å². The lowest BCUT2D eigenvalue weighted by molar-refractivity contribution is -0.134. The molecule has 0 aliphatic heterocycles. The van der Waals surface area contributed by atoms with E-state index in [1.54, 1.807) is 24.7 Å². The Hall–Kier alpha value is -3.83. The van der Waals surface area contributed by atoms with Crippen molar-refractivity contribution in [1.29, 1.82) is 0 Å². The summed E-state index contributed by atoms with van der Waals surface area (Å²) in [7, 11) is 3.96. The van der Waals surface area contributed by atoms with Crippen LogP contribution in [0.3, 0.4) is 0 Å². The number of carbonyl (C=O) groups is 1. The number of hydrogen-bond acceptors (Lipinski definition) is 9. The van der Waals surface area contributed by atoms with E-state index < -0.39 is 0 Å². The van der Waals surface area contributed by atoms with Crippen molar-refractivity contribution in [3.8, 4) is 17.1 Å². The highest BCUT2D eigenvalue weighted by atomic mass is 32.1. The zero-order valence-corrected chi connectivity index (χ0v) is 21.8. The number of fused-ring (bicyclic) bond motifs is 1. The SMILES string of the molecule is C=C/C(=C\N=C)CCC(=O)N(CCO)COc1nc(-c2ccc(N(C)C)cc2)cc2nccnc12.FS. The molecule has 2 aromatic heterocycles. The minimum absolute atomic E-state index is 0.0894. The maximum absolute atomic E-state index is 12.8. The van der Waals surface area contributed by atoms with Crippen LogP contribution >= 0.6 is 13.0 Å². The number of ether oxygens (including phenoxy) is 1. The van der Waals surface area contributed by atoms with Crippen LogP contribution in [0.15, 0.2) is 72.1 Å². The van der Waals surface area contributed by atoms with E-state index >= 15 is 0 Å². The molecular weight excluding hydrogens is 495 g/mol. The largest absolute Gasteiger partial charge is 0.455 e. The average Bonchev–Trinajstić information content (AvgIpc) is 2.93. The fourth-order valence-electron chi connectivity index (χ4n) is 3.39. The summed E-state index contributed by atoms with van der Waals surface area (Å²) in [5.41, 5.74) is 4.57. The lowest BCUT2D eigenvalue weighted by Gasteiger charge is -2.22. The van der Waals surface area contributed by atoms with E-state index in [0.717, 1.165) is 16.8 Å². The molecule has 0 spiro atoms. The van der Waals surface area contributed by atoms with E-state index in [1.807, 2.05) is 62.3 Å². The molecule has 0 saturated heterocycles. The summed E-state index contributed by atoms with van der Waals surface area (Å²) in [6.07, 6.45) is 7.04. The van der Waals surface area contributed by atoms with Gasteiger partial charge in [-0.25, -0.2) is 9.97 Å². The number of benzene rings is 1. The minimum atomic E-state index is -0.195. The maximum Gasteiger partial charge on any atom is 0.244 e. The third-order valence-corrected chi connectivity index (χ3v) is 5.33. The average molecular weight is 527 g/mol. The Morgan fingerprint density at radius 2 is 1.89 bits per heavy atom. The molecule has 1 N–H and O–H groups in total. The van der Waals surface area contributed by atoms with Crippen molar-refractivity contribution in [2.24, 2.45) is 4.99 Å². The van der Waals surface area contributed by atoms with E-state index in [9.17, 15) is 13.8 Å². The van der Waals surface area contributed by atoms with Crippen LogP contribution in [-0.2, 0) is 4.79 Å². The minimum Gasteiger partial charge on any atom is -0.455 e. The highest BCUT2D eigenvalue weighted by Crippen LogP contribution is 2.28. The molecule has 0 fully saturated rings. The number of nitrogens with zero attached hydrogens (tertiary/aromatic N) is 6. The number of pyridine rings is 1. The van der Waals surface area contributed by atoms with E-state index in [0.29, 0.717) is 23.1 Å². The summed E-state index contributed by atoms with van der Waals surface area (Å²) in [5, 5.41) is 9.47. The summed E-state index contributed by atoms with van der Waals surface area (Å²) in [6.45, 7) is 6.99. The van der Waals surface area contributed by atoms with Gasteiger partial charge in [0.05, 0.1) is 17.8 Å². The number of aliphatic hydroxyl groups is 1. The van der Waals surface area contributed by atoms with E-state index in [4.69, 9.17) is 4.74 Å². The number of anilines is 1. The van der Waals surface area contributed by atoms with Gasteiger partial charge in [-0.05, 0) is 36.9 Å². The van der Waals surface area contributed by atoms with Crippen molar-refractivity contribution >= 4 is 42.4 Å². The Balaban J connectivity index is 0.00000235. The third kappa shape index (κ3) is 8.36. The smallest absolute Gasteiger partial charge is 0.244 e. The van der Waals surface area contributed by atoms with Gasteiger partial charge >= 0.3 is 0 Å². The van der Waals surface area contributed by atoms with E-state index in [1.165, 1.54) is 4.90 Å². The fourth-order valence-corrected chi connectivity index (χ4v) is 3.39. The van der Waals surface area contributed by atoms with Gasteiger partial charge in [-0.15, -0.1) is 0 Å². The number of aliphatic hydroxyl groups excluding tert-OH is 1. The number of rotatable bonds is 12. The monoisotopic (exact) mass is 526 g/mol. The molecule has 3 aromatic rings. The van der Waals surface area contributed by atoms with Crippen molar-refractivity contribution in [3.63, 3.8) is 0 Å². The van der Waals surface area contributed by atoms with Gasteiger partial charge in [-0.2, -0.15) is 3.89 Å². The second-order valence-electron chi connectivity index (χ2n) is 7.92. The molecule has 1 aromatic carbocycles. The first kappa shape index (κ1) is 29.4. The number of aromatic nitrogens is 3. The molecule has 1 amide bonds. The zero-order valence-electron chi connectivity index (χ0n) is 20.9. The molecule has 37 heavy (non-hydrogen) atoms. The van der Waals surface area contributed by atoms with Gasteiger partial charge in [0.2, 0.25) is 11.8 Å². The lowest BCUT2D eigenvalue weighted by atomic mass is 10.1. The van der Waals surface area contributed by atoms with Crippen LogP contribution in [0.2, 0.25) is 0 Å². The van der Waals surface area contributed by atoms with Crippen molar-refractivity contribution in [1.82, 2.24) is 19.9 Å². The fraction of sp³-hybridized carbons (Fsp3) is 0.269. The lowest BCUT2D eigenvalue weighted by Crippen LogP contribution is -2.36. The van der Waals surface area contributed by atoms with Crippen molar-refractivity contribution in [2.75, 3.05) is 38.9 Å².